The Labute approximate surface area is 100 Å². The molecule has 1 atom stereocenters. The van der Waals surface area contributed by atoms with Crippen molar-refractivity contribution in [1.29, 1.82) is 0 Å². The highest BCUT2D eigenvalue weighted by Crippen LogP contribution is 2.16. The zero-order chi connectivity index (χ0) is 12.1. The van der Waals surface area contributed by atoms with Crippen LogP contribution in [0.25, 0.3) is 0 Å². The fourth-order valence-corrected chi connectivity index (χ4v) is 1.77. The molecule has 1 fully saturated rings. The molecule has 0 amide bonds. The van der Waals surface area contributed by atoms with Gasteiger partial charge in [0.15, 0.2) is 0 Å². The molecule has 92 valence electrons. The van der Waals surface area contributed by atoms with Crippen LogP contribution in [0.1, 0.15) is 23.2 Å². The molecule has 1 aromatic carbocycles. The van der Waals surface area contributed by atoms with Crippen molar-refractivity contribution in [2.75, 3.05) is 20.3 Å². The number of rotatable bonds is 4. The number of hydrogen-bond donors (Lipinski definition) is 0. The molecule has 4 heteroatoms. The summed E-state index contributed by atoms with van der Waals surface area (Å²) in [4.78, 5) is 11.2. The maximum Gasteiger partial charge on any atom is 0.337 e. The lowest BCUT2D eigenvalue weighted by Gasteiger charge is -2.11. The lowest BCUT2D eigenvalue weighted by Crippen LogP contribution is -2.16. The molecule has 0 spiro atoms. The van der Waals surface area contributed by atoms with Crippen LogP contribution in [0, 0.1) is 0 Å². The van der Waals surface area contributed by atoms with Crippen molar-refractivity contribution in [3.63, 3.8) is 0 Å². The van der Waals surface area contributed by atoms with Crippen molar-refractivity contribution in [2.45, 2.75) is 18.9 Å². The highest BCUT2D eigenvalue weighted by molar-refractivity contribution is 5.89. The lowest BCUT2D eigenvalue weighted by atomic mass is 10.2. The first-order valence-corrected chi connectivity index (χ1v) is 5.72. The van der Waals surface area contributed by atoms with E-state index in [1.165, 1.54) is 7.11 Å². The molecule has 17 heavy (non-hydrogen) atoms. The van der Waals surface area contributed by atoms with Crippen molar-refractivity contribution in [3.8, 4) is 5.75 Å². The van der Waals surface area contributed by atoms with E-state index < -0.39 is 0 Å². The Morgan fingerprint density at radius 3 is 2.76 bits per heavy atom. The summed E-state index contributed by atoms with van der Waals surface area (Å²) in [6, 6.07) is 6.91. The van der Waals surface area contributed by atoms with Gasteiger partial charge in [-0.2, -0.15) is 0 Å². The standard InChI is InChI=1S/C13H16O4/c1-15-13(14)10-4-6-11(7-5-10)17-9-12-3-2-8-16-12/h4-7,12H,2-3,8-9H2,1H3/t12-/m0/s1. The number of ether oxygens (including phenoxy) is 3. The number of carbonyl (C=O) groups excluding carboxylic acids is 1. The lowest BCUT2D eigenvalue weighted by molar-refractivity contribution is 0.0599. The van der Waals surface area contributed by atoms with Crippen LogP contribution in [-0.4, -0.2) is 32.4 Å². The molecular weight excluding hydrogens is 220 g/mol. The summed E-state index contributed by atoms with van der Waals surface area (Å²) in [5, 5.41) is 0. The maximum atomic E-state index is 11.2. The van der Waals surface area contributed by atoms with E-state index in [0.717, 1.165) is 25.2 Å². The zero-order valence-electron chi connectivity index (χ0n) is 9.85. The smallest absolute Gasteiger partial charge is 0.337 e. The predicted octanol–water partition coefficient (Wildman–Crippen LogP) is 2.03. The second-order valence-corrected chi connectivity index (χ2v) is 3.96. The molecule has 1 aliphatic heterocycles. The van der Waals surface area contributed by atoms with Gasteiger partial charge in [0.25, 0.3) is 0 Å². The predicted molar refractivity (Wildman–Crippen MR) is 62.3 cm³/mol. The summed E-state index contributed by atoms with van der Waals surface area (Å²) in [6.07, 6.45) is 2.37. The van der Waals surface area contributed by atoms with Gasteiger partial charge in [0.1, 0.15) is 12.4 Å². The maximum absolute atomic E-state index is 11.2. The van der Waals surface area contributed by atoms with E-state index in [0.29, 0.717) is 12.2 Å². The summed E-state index contributed by atoms with van der Waals surface area (Å²) >= 11 is 0. The van der Waals surface area contributed by atoms with Gasteiger partial charge in [0, 0.05) is 6.61 Å². The van der Waals surface area contributed by atoms with Gasteiger partial charge < -0.3 is 14.2 Å². The fraction of sp³-hybridized carbons (Fsp3) is 0.462. The number of benzene rings is 1. The largest absolute Gasteiger partial charge is 0.491 e. The minimum atomic E-state index is -0.337. The molecule has 1 saturated heterocycles. The van der Waals surface area contributed by atoms with E-state index in [2.05, 4.69) is 4.74 Å². The first-order chi connectivity index (χ1) is 8.29. The molecular formula is C13H16O4. The van der Waals surface area contributed by atoms with Crippen molar-refractivity contribution in [1.82, 2.24) is 0 Å². The van der Waals surface area contributed by atoms with E-state index in [1.54, 1.807) is 24.3 Å². The van der Waals surface area contributed by atoms with Gasteiger partial charge in [-0.15, -0.1) is 0 Å². The van der Waals surface area contributed by atoms with Gasteiger partial charge in [0.05, 0.1) is 18.8 Å². The first kappa shape index (κ1) is 11.9. The van der Waals surface area contributed by atoms with Gasteiger partial charge >= 0.3 is 5.97 Å². The number of carbonyl (C=O) groups is 1. The Morgan fingerprint density at radius 1 is 1.41 bits per heavy atom. The Kier molecular flexibility index (Phi) is 3.98. The Bertz CT molecular complexity index is 366. The Morgan fingerprint density at radius 2 is 2.18 bits per heavy atom. The quantitative estimate of drug-likeness (QED) is 0.750. The van der Waals surface area contributed by atoms with E-state index in [4.69, 9.17) is 9.47 Å². The third-order valence-corrected chi connectivity index (χ3v) is 2.74. The van der Waals surface area contributed by atoms with Crippen LogP contribution < -0.4 is 4.74 Å². The second-order valence-electron chi connectivity index (χ2n) is 3.96. The van der Waals surface area contributed by atoms with Gasteiger partial charge in [-0.05, 0) is 37.1 Å². The van der Waals surface area contributed by atoms with Crippen LogP contribution >= 0.6 is 0 Å². The molecule has 1 aromatic rings. The monoisotopic (exact) mass is 236 g/mol. The third kappa shape index (κ3) is 3.20. The van der Waals surface area contributed by atoms with Crippen molar-refractivity contribution < 1.29 is 19.0 Å². The Hall–Kier alpha value is -1.55. The van der Waals surface area contributed by atoms with Crippen LogP contribution in [0.5, 0.6) is 5.75 Å². The molecule has 2 rings (SSSR count). The minimum absolute atomic E-state index is 0.204. The number of methoxy groups -OCH3 is 1. The van der Waals surface area contributed by atoms with Gasteiger partial charge in [-0.3, -0.25) is 0 Å². The van der Waals surface area contributed by atoms with Crippen LogP contribution in [0.4, 0.5) is 0 Å². The molecule has 0 bridgehead atoms. The average Bonchev–Trinajstić information content (AvgIpc) is 2.89. The summed E-state index contributed by atoms with van der Waals surface area (Å²) in [5.41, 5.74) is 0.525. The van der Waals surface area contributed by atoms with E-state index in [1.807, 2.05) is 0 Å². The molecule has 0 aromatic heterocycles. The first-order valence-electron chi connectivity index (χ1n) is 5.72. The van der Waals surface area contributed by atoms with E-state index in [9.17, 15) is 4.79 Å². The second kappa shape index (κ2) is 5.68. The molecule has 1 aliphatic rings. The molecule has 4 nitrogen and oxygen atoms in total. The summed E-state index contributed by atoms with van der Waals surface area (Å²) in [6.45, 7) is 1.40. The highest BCUT2D eigenvalue weighted by atomic mass is 16.5. The fourth-order valence-electron chi connectivity index (χ4n) is 1.77. The number of esters is 1. The van der Waals surface area contributed by atoms with Crippen LogP contribution in [-0.2, 0) is 9.47 Å². The molecule has 0 aliphatic carbocycles. The summed E-state index contributed by atoms with van der Waals surface area (Å²) in [5.74, 6) is 0.406. The van der Waals surface area contributed by atoms with Crippen molar-refractivity contribution in [3.05, 3.63) is 29.8 Å². The SMILES string of the molecule is COC(=O)c1ccc(OC[C@@H]2CCCO2)cc1. The van der Waals surface area contributed by atoms with Gasteiger partial charge in [-0.25, -0.2) is 4.79 Å². The molecule has 0 radical (unpaired) electrons. The highest BCUT2D eigenvalue weighted by Gasteiger charge is 2.16. The van der Waals surface area contributed by atoms with E-state index >= 15 is 0 Å². The normalized spacial score (nSPS) is 19.0. The summed E-state index contributed by atoms with van der Waals surface area (Å²) < 4.78 is 15.7. The molecule has 0 unspecified atom stereocenters. The van der Waals surface area contributed by atoms with Gasteiger partial charge in [0.2, 0.25) is 0 Å². The number of hydrogen-bond acceptors (Lipinski definition) is 4. The third-order valence-electron chi connectivity index (χ3n) is 2.74. The Balaban J connectivity index is 1.87. The van der Waals surface area contributed by atoms with Crippen LogP contribution in [0.3, 0.4) is 0 Å². The molecule has 0 N–H and O–H groups in total. The van der Waals surface area contributed by atoms with Crippen molar-refractivity contribution >= 4 is 5.97 Å². The van der Waals surface area contributed by atoms with Crippen molar-refractivity contribution in [2.24, 2.45) is 0 Å². The topological polar surface area (TPSA) is 44.8 Å². The van der Waals surface area contributed by atoms with Crippen LogP contribution in [0.15, 0.2) is 24.3 Å². The van der Waals surface area contributed by atoms with E-state index in [-0.39, 0.29) is 12.1 Å². The molecule has 0 saturated carbocycles. The van der Waals surface area contributed by atoms with Crippen LogP contribution in [0.2, 0.25) is 0 Å². The zero-order valence-corrected chi connectivity index (χ0v) is 9.85. The minimum Gasteiger partial charge on any atom is -0.491 e. The van der Waals surface area contributed by atoms with Gasteiger partial charge in [-0.1, -0.05) is 0 Å². The molecule has 1 heterocycles. The average molecular weight is 236 g/mol. The summed E-state index contributed by atoms with van der Waals surface area (Å²) in [7, 11) is 1.37.